The summed E-state index contributed by atoms with van der Waals surface area (Å²) in [5, 5.41) is 3.43. The normalized spacial score (nSPS) is 10.8. The van der Waals surface area contributed by atoms with Crippen molar-refractivity contribution < 1.29 is 4.79 Å². The summed E-state index contributed by atoms with van der Waals surface area (Å²) in [6.07, 6.45) is 16.4. The molecule has 120 valence electrons. The lowest BCUT2D eigenvalue weighted by Gasteiger charge is -2.04. The number of primary amides is 1. The van der Waals surface area contributed by atoms with Crippen molar-refractivity contribution in [2.24, 2.45) is 5.73 Å². The molecule has 0 aliphatic carbocycles. The van der Waals surface area contributed by atoms with Crippen LogP contribution in [0.4, 0.5) is 0 Å². The van der Waals surface area contributed by atoms with Gasteiger partial charge in [-0.2, -0.15) is 0 Å². The van der Waals surface area contributed by atoms with E-state index >= 15 is 0 Å². The molecule has 0 heterocycles. The summed E-state index contributed by atoms with van der Waals surface area (Å²) in [7, 11) is 0. The van der Waals surface area contributed by atoms with Crippen molar-refractivity contribution in [2.45, 2.75) is 90.4 Å². The maximum atomic E-state index is 10.5. The van der Waals surface area contributed by atoms with Crippen LogP contribution in [0.3, 0.4) is 0 Å². The van der Waals surface area contributed by atoms with Crippen molar-refractivity contribution >= 4 is 5.91 Å². The van der Waals surface area contributed by atoms with Gasteiger partial charge >= 0.3 is 0 Å². The fourth-order valence-electron chi connectivity index (χ4n) is 2.41. The van der Waals surface area contributed by atoms with E-state index in [1.807, 2.05) is 0 Å². The molecule has 20 heavy (non-hydrogen) atoms. The van der Waals surface area contributed by atoms with Crippen molar-refractivity contribution in [1.82, 2.24) is 5.32 Å². The zero-order valence-corrected chi connectivity index (χ0v) is 13.6. The van der Waals surface area contributed by atoms with Crippen molar-refractivity contribution in [3.05, 3.63) is 0 Å². The Bertz CT molecular complexity index is 207. The Balaban J connectivity index is 2.94. The van der Waals surface area contributed by atoms with Gasteiger partial charge < -0.3 is 11.1 Å². The monoisotopic (exact) mass is 284 g/mol. The highest BCUT2D eigenvalue weighted by atomic mass is 16.1. The molecule has 0 aromatic heterocycles. The van der Waals surface area contributed by atoms with E-state index in [9.17, 15) is 4.79 Å². The molecule has 3 nitrogen and oxygen atoms in total. The number of rotatable bonds is 16. The number of carbonyl (C=O) groups excluding carboxylic acids is 1. The Morgan fingerprint density at radius 1 is 0.750 bits per heavy atom. The van der Waals surface area contributed by atoms with Crippen LogP contribution in [0, 0.1) is 0 Å². The van der Waals surface area contributed by atoms with E-state index in [0.717, 1.165) is 25.9 Å². The van der Waals surface area contributed by atoms with E-state index < -0.39 is 0 Å². The number of nitrogens with two attached hydrogens (primary N) is 1. The first-order valence-corrected chi connectivity index (χ1v) is 8.76. The van der Waals surface area contributed by atoms with Gasteiger partial charge in [-0.25, -0.2) is 0 Å². The summed E-state index contributed by atoms with van der Waals surface area (Å²) < 4.78 is 0. The molecule has 1 amide bonds. The van der Waals surface area contributed by atoms with Gasteiger partial charge in [-0.05, 0) is 32.4 Å². The summed E-state index contributed by atoms with van der Waals surface area (Å²) in [5.41, 5.74) is 5.09. The van der Waals surface area contributed by atoms with Crippen molar-refractivity contribution in [3.8, 4) is 0 Å². The molecule has 0 aromatic carbocycles. The predicted molar refractivity (Wildman–Crippen MR) is 87.8 cm³/mol. The van der Waals surface area contributed by atoms with E-state index in [4.69, 9.17) is 5.73 Å². The minimum Gasteiger partial charge on any atom is -0.370 e. The van der Waals surface area contributed by atoms with Crippen LogP contribution in [-0.2, 0) is 4.79 Å². The third kappa shape index (κ3) is 17.4. The molecule has 3 heteroatoms. The smallest absolute Gasteiger partial charge is 0.217 e. The topological polar surface area (TPSA) is 55.1 Å². The van der Waals surface area contributed by atoms with E-state index in [2.05, 4.69) is 12.2 Å². The molecule has 0 saturated carbocycles. The molecule has 0 aliphatic heterocycles. The molecule has 0 spiro atoms. The lowest BCUT2D eigenvalue weighted by atomic mass is 10.1. The lowest BCUT2D eigenvalue weighted by molar-refractivity contribution is -0.118. The van der Waals surface area contributed by atoms with E-state index in [0.29, 0.717) is 6.42 Å². The number of hydrogen-bond acceptors (Lipinski definition) is 2. The quantitative estimate of drug-likeness (QED) is 0.418. The Labute approximate surface area is 126 Å². The summed E-state index contributed by atoms with van der Waals surface area (Å²) in [6, 6.07) is 0. The van der Waals surface area contributed by atoms with Gasteiger partial charge in [-0.3, -0.25) is 4.79 Å². The van der Waals surface area contributed by atoms with Gasteiger partial charge in [-0.1, -0.05) is 64.7 Å². The zero-order chi connectivity index (χ0) is 14.9. The zero-order valence-electron chi connectivity index (χ0n) is 13.6. The fraction of sp³-hybridized carbons (Fsp3) is 0.941. The van der Waals surface area contributed by atoms with E-state index in [1.165, 1.54) is 64.2 Å². The molecule has 0 unspecified atom stereocenters. The minimum atomic E-state index is -0.181. The molecular weight excluding hydrogens is 248 g/mol. The van der Waals surface area contributed by atoms with E-state index in [-0.39, 0.29) is 5.91 Å². The van der Waals surface area contributed by atoms with Crippen molar-refractivity contribution in [1.29, 1.82) is 0 Å². The lowest BCUT2D eigenvalue weighted by Crippen LogP contribution is -2.17. The molecule has 0 radical (unpaired) electrons. The molecule has 0 atom stereocenters. The van der Waals surface area contributed by atoms with Gasteiger partial charge in [0.15, 0.2) is 0 Å². The molecule has 0 fully saturated rings. The van der Waals surface area contributed by atoms with Crippen LogP contribution >= 0.6 is 0 Å². The number of unbranched alkanes of at least 4 members (excludes halogenated alkanes) is 10. The Morgan fingerprint density at radius 3 is 1.70 bits per heavy atom. The number of amides is 1. The SMILES string of the molecule is CCCCCCCCCCCCNCCCCC(N)=O. The molecule has 0 rings (SSSR count). The predicted octanol–water partition coefficient (Wildman–Crippen LogP) is 4.15. The van der Waals surface area contributed by atoms with Gasteiger partial charge in [0.2, 0.25) is 5.91 Å². The molecule has 0 aromatic rings. The molecule has 3 N–H and O–H groups in total. The fourth-order valence-corrected chi connectivity index (χ4v) is 2.41. The summed E-state index contributed by atoms with van der Waals surface area (Å²) >= 11 is 0. The standard InChI is InChI=1S/C17H36N2O/c1-2-3-4-5-6-7-8-9-10-12-15-19-16-13-11-14-17(18)20/h19H,2-16H2,1H3,(H2,18,20). The first kappa shape index (κ1) is 19.4. The van der Waals surface area contributed by atoms with Gasteiger partial charge in [-0.15, -0.1) is 0 Å². The Morgan fingerprint density at radius 2 is 1.20 bits per heavy atom. The summed E-state index contributed by atoms with van der Waals surface area (Å²) in [4.78, 5) is 10.5. The second-order valence-electron chi connectivity index (χ2n) is 5.86. The second-order valence-corrected chi connectivity index (χ2v) is 5.86. The van der Waals surface area contributed by atoms with Crippen LogP contribution in [0.15, 0.2) is 0 Å². The highest BCUT2D eigenvalue weighted by molar-refractivity contribution is 5.73. The maximum Gasteiger partial charge on any atom is 0.217 e. The third-order valence-electron chi connectivity index (χ3n) is 3.73. The Kier molecular flexibility index (Phi) is 16.0. The Hall–Kier alpha value is -0.570. The molecule has 0 aliphatic rings. The highest BCUT2D eigenvalue weighted by Gasteiger charge is 1.95. The maximum absolute atomic E-state index is 10.5. The molecular formula is C17H36N2O. The number of hydrogen-bond donors (Lipinski definition) is 2. The van der Waals surface area contributed by atoms with Crippen LogP contribution in [0.1, 0.15) is 90.4 Å². The van der Waals surface area contributed by atoms with Crippen LogP contribution in [0.2, 0.25) is 0 Å². The van der Waals surface area contributed by atoms with Crippen LogP contribution in [-0.4, -0.2) is 19.0 Å². The van der Waals surface area contributed by atoms with Crippen molar-refractivity contribution in [2.75, 3.05) is 13.1 Å². The minimum absolute atomic E-state index is 0.181. The molecule has 0 saturated heterocycles. The van der Waals surface area contributed by atoms with Crippen LogP contribution < -0.4 is 11.1 Å². The van der Waals surface area contributed by atoms with Crippen LogP contribution in [0.25, 0.3) is 0 Å². The average molecular weight is 284 g/mol. The largest absolute Gasteiger partial charge is 0.370 e. The van der Waals surface area contributed by atoms with Crippen molar-refractivity contribution in [3.63, 3.8) is 0 Å². The number of nitrogens with one attached hydrogen (secondary N) is 1. The van der Waals surface area contributed by atoms with Gasteiger partial charge in [0.05, 0.1) is 0 Å². The first-order chi connectivity index (χ1) is 9.77. The van der Waals surface area contributed by atoms with Gasteiger partial charge in [0.1, 0.15) is 0 Å². The molecule has 0 bridgehead atoms. The van der Waals surface area contributed by atoms with E-state index in [1.54, 1.807) is 0 Å². The second kappa shape index (κ2) is 16.5. The van der Waals surface area contributed by atoms with Gasteiger partial charge in [0.25, 0.3) is 0 Å². The highest BCUT2D eigenvalue weighted by Crippen LogP contribution is 2.10. The summed E-state index contributed by atoms with van der Waals surface area (Å²) in [5.74, 6) is -0.181. The van der Waals surface area contributed by atoms with Gasteiger partial charge in [0, 0.05) is 6.42 Å². The first-order valence-electron chi connectivity index (χ1n) is 8.76. The third-order valence-corrected chi connectivity index (χ3v) is 3.73. The summed E-state index contributed by atoms with van der Waals surface area (Å²) in [6.45, 7) is 4.41. The van der Waals surface area contributed by atoms with Crippen LogP contribution in [0.5, 0.6) is 0 Å². The number of carbonyl (C=O) groups is 1. The average Bonchev–Trinajstić information content (AvgIpc) is 2.43.